The van der Waals surface area contributed by atoms with Crippen molar-refractivity contribution in [3.8, 4) is 61.8 Å². The lowest BCUT2D eigenvalue weighted by Crippen LogP contribution is -2.33. The quantitative estimate of drug-likeness (QED) is 0.188. The van der Waals surface area contributed by atoms with E-state index in [9.17, 15) is 0 Å². The van der Waals surface area contributed by atoms with Crippen LogP contribution in [0.25, 0.3) is 72.9 Å². The van der Waals surface area contributed by atoms with E-state index >= 15 is 0 Å². The van der Waals surface area contributed by atoms with Gasteiger partial charge in [0, 0.05) is 16.7 Å². The van der Waals surface area contributed by atoms with Gasteiger partial charge in [0.25, 0.3) is 0 Å². The molecule has 1 aliphatic carbocycles. The van der Waals surface area contributed by atoms with Gasteiger partial charge >= 0.3 is 0 Å². The molecule has 0 saturated heterocycles. The Bertz CT molecular complexity index is 2780. The fraction of sp³-hybridized carbons (Fsp3) is 0.0204. The molecule has 0 radical (unpaired) electrons. The van der Waals surface area contributed by atoms with Gasteiger partial charge in [0.1, 0.15) is 5.82 Å². The molecule has 1 atom stereocenters. The van der Waals surface area contributed by atoms with E-state index in [1.54, 1.807) is 0 Å². The third-order valence-electron chi connectivity index (χ3n) is 11.0. The minimum absolute atomic E-state index is 0.542. The highest BCUT2D eigenvalue weighted by atomic mass is 15.1. The van der Waals surface area contributed by atoms with Crippen molar-refractivity contribution >= 4 is 11.0 Å². The largest absolute Gasteiger partial charge is 0.292 e. The third-order valence-corrected chi connectivity index (χ3v) is 11.0. The van der Waals surface area contributed by atoms with Crippen molar-refractivity contribution < 1.29 is 0 Å². The molecule has 2 aliphatic rings. The molecule has 3 nitrogen and oxygen atoms in total. The molecule has 9 aromatic rings. The number of rotatable bonds is 4. The highest BCUT2D eigenvalue weighted by Crippen LogP contribution is 2.61. The second kappa shape index (κ2) is 11.1. The molecule has 11 rings (SSSR count). The maximum Gasteiger partial charge on any atom is 0.145 e. The fourth-order valence-electron chi connectivity index (χ4n) is 8.83. The predicted octanol–water partition coefficient (Wildman–Crippen LogP) is 11.8. The third kappa shape index (κ3) is 4.02. The SMILES string of the molecule is c1ccc(-c2cc(-c3ccc4c(c3)C3(c5ccccc5-4)c4ccccc4-n4c(-c5ccccc5)nc5cccc3c54)cc(-c3ccccc3)n2)cc1. The summed E-state index contributed by atoms with van der Waals surface area (Å²) in [5, 5.41) is 0. The van der Waals surface area contributed by atoms with Crippen LogP contribution >= 0.6 is 0 Å². The zero-order valence-corrected chi connectivity index (χ0v) is 28.2. The second-order valence-electron chi connectivity index (χ2n) is 13.7. The first-order valence-electron chi connectivity index (χ1n) is 17.8. The van der Waals surface area contributed by atoms with Gasteiger partial charge in [-0.05, 0) is 74.8 Å². The first kappa shape index (κ1) is 28.9. The van der Waals surface area contributed by atoms with Crippen molar-refractivity contribution in [2.45, 2.75) is 5.41 Å². The van der Waals surface area contributed by atoms with E-state index in [1.807, 2.05) is 0 Å². The number of fused-ring (bicyclic) bond motifs is 9. The Kier molecular flexibility index (Phi) is 6.17. The Morgan fingerprint density at radius 2 is 0.942 bits per heavy atom. The summed E-state index contributed by atoms with van der Waals surface area (Å²) in [6.45, 7) is 0. The maximum atomic E-state index is 5.32. The van der Waals surface area contributed by atoms with Crippen LogP contribution < -0.4 is 0 Å². The lowest BCUT2D eigenvalue weighted by atomic mass is 9.65. The van der Waals surface area contributed by atoms with Gasteiger partial charge in [-0.3, -0.25) is 4.57 Å². The first-order chi connectivity index (χ1) is 25.8. The van der Waals surface area contributed by atoms with E-state index in [1.165, 1.54) is 33.4 Å². The van der Waals surface area contributed by atoms with E-state index in [0.29, 0.717) is 0 Å². The summed E-state index contributed by atoms with van der Waals surface area (Å²) in [6, 6.07) is 67.8. The molecule has 2 aromatic heterocycles. The van der Waals surface area contributed by atoms with E-state index < -0.39 is 5.41 Å². The van der Waals surface area contributed by atoms with Crippen LogP contribution in [0.3, 0.4) is 0 Å². The van der Waals surface area contributed by atoms with E-state index in [0.717, 1.165) is 61.8 Å². The molecule has 7 aromatic carbocycles. The van der Waals surface area contributed by atoms with Crippen molar-refractivity contribution in [1.82, 2.24) is 14.5 Å². The second-order valence-corrected chi connectivity index (χ2v) is 13.7. The van der Waals surface area contributed by atoms with Crippen LogP contribution in [0, 0.1) is 0 Å². The summed E-state index contributed by atoms with van der Waals surface area (Å²) >= 11 is 0. The lowest BCUT2D eigenvalue weighted by molar-refractivity contribution is 0.746. The number of nitrogens with zero attached hydrogens (tertiary/aromatic N) is 3. The van der Waals surface area contributed by atoms with Crippen LogP contribution in [0.15, 0.2) is 188 Å². The minimum Gasteiger partial charge on any atom is -0.292 e. The standard InChI is InChI=1S/C49H31N3/c1-4-15-32(16-5-1)44-30-36(31-45(50-44)33-17-6-2-7-18-33)35-27-28-38-37-21-10-11-22-39(37)49(42(38)29-35)40-23-12-13-26-46(40)52-47-41(49)24-14-25-43(47)51-48(52)34-19-8-3-9-20-34/h1-31H. The molecule has 0 saturated carbocycles. The Morgan fingerprint density at radius 1 is 0.365 bits per heavy atom. The molecule has 52 heavy (non-hydrogen) atoms. The Balaban J connectivity index is 1.22. The molecule has 0 fully saturated rings. The summed E-state index contributed by atoms with van der Waals surface area (Å²) in [5.74, 6) is 0.962. The fourth-order valence-corrected chi connectivity index (χ4v) is 8.83. The summed E-state index contributed by atoms with van der Waals surface area (Å²) in [6.07, 6.45) is 0. The molecule has 3 heteroatoms. The molecule has 0 bridgehead atoms. The van der Waals surface area contributed by atoms with Gasteiger partial charge in [0.2, 0.25) is 0 Å². The van der Waals surface area contributed by atoms with Crippen LogP contribution in [0.5, 0.6) is 0 Å². The minimum atomic E-state index is -0.542. The topological polar surface area (TPSA) is 30.7 Å². The Morgan fingerprint density at radius 3 is 1.65 bits per heavy atom. The number of imidazole rings is 1. The molecular formula is C49H31N3. The summed E-state index contributed by atoms with van der Waals surface area (Å²) < 4.78 is 2.40. The molecular weight excluding hydrogens is 631 g/mol. The first-order valence-corrected chi connectivity index (χ1v) is 17.8. The normalized spacial score (nSPS) is 15.0. The molecule has 0 amide bonds. The number of hydrogen-bond donors (Lipinski definition) is 0. The molecule has 0 N–H and O–H groups in total. The van der Waals surface area contributed by atoms with Gasteiger partial charge in [0.15, 0.2) is 0 Å². The van der Waals surface area contributed by atoms with Crippen molar-refractivity contribution in [1.29, 1.82) is 0 Å². The van der Waals surface area contributed by atoms with Crippen molar-refractivity contribution in [2.24, 2.45) is 0 Å². The Hall–Kier alpha value is -6.84. The average Bonchev–Trinajstić information content (AvgIpc) is 3.76. The number of para-hydroxylation sites is 2. The average molecular weight is 662 g/mol. The van der Waals surface area contributed by atoms with Crippen LogP contribution in [0.2, 0.25) is 0 Å². The van der Waals surface area contributed by atoms with Crippen LogP contribution in [0.1, 0.15) is 22.3 Å². The monoisotopic (exact) mass is 661 g/mol. The number of aromatic nitrogens is 3. The predicted molar refractivity (Wildman–Crippen MR) is 211 cm³/mol. The van der Waals surface area contributed by atoms with Crippen molar-refractivity contribution in [2.75, 3.05) is 0 Å². The molecule has 1 unspecified atom stereocenters. The van der Waals surface area contributed by atoms with Gasteiger partial charge in [-0.25, -0.2) is 9.97 Å². The maximum absolute atomic E-state index is 5.32. The van der Waals surface area contributed by atoms with Crippen LogP contribution in [-0.2, 0) is 5.41 Å². The van der Waals surface area contributed by atoms with Crippen LogP contribution in [0.4, 0.5) is 0 Å². The van der Waals surface area contributed by atoms with Gasteiger partial charge < -0.3 is 0 Å². The van der Waals surface area contributed by atoms with Gasteiger partial charge in [0.05, 0.1) is 33.5 Å². The van der Waals surface area contributed by atoms with Crippen LogP contribution in [-0.4, -0.2) is 14.5 Å². The number of pyridine rings is 1. The van der Waals surface area contributed by atoms with Gasteiger partial charge in [-0.15, -0.1) is 0 Å². The van der Waals surface area contributed by atoms with Crippen molar-refractivity contribution in [3.05, 3.63) is 210 Å². The smallest absolute Gasteiger partial charge is 0.145 e. The summed E-state index contributed by atoms with van der Waals surface area (Å²) in [5.41, 5.74) is 18.0. The molecule has 242 valence electrons. The number of benzene rings is 7. The molecule has 1 aliphatic heterocycles. The zero-order chi connectivity index (χ0) is 34.2. The van der Waals surface area contributed by atoms with Gasteiger partial charge in [-0.1, -0.05) is 158 Å². The summed E-state index contributed by atoms with van der Waals surface area (Å²) in [4.78, 5) is 10.5. The highest BCUT2D eigenvalue weighted by Gasteiger charge is 2.51. The van der Waals surface area contributed by atoms with E-state index in [4.69, 9.17) is 9.97 Å². The summed E-state index contributed by atoms with van der Waals surface area (Å²) in [7, 11) is 0. The highest BCUT2D eigenvalue weighted by molar-refractivity contribution is 5.98. The zero-order valence-electron chi connectivity index (χ0n) is 28.2. The molecule has 3 heterocycles. The van der Waals surface area contributed by atoms with E-state index in [2.05, 4.69) is 193 Å². The lowest BCUT2D eigenvalue weighted by Gasteiger charge is -2.39. The van der Waals surface area contributed by atoms with E-state index in [-0.39, 0.29) is 0 Å². The Labute approximate surface area is 302 Å². The molecule has 1 spiro atoms. The van der Waals surface area contributed by atoms with Gasteiger partial charge in [-0.2, -0.15) is 0 Å². The number of hydrogen-bond acceptors (Lipinski definition) is 2. The van der Waals surface area contributed by atoms with Crippen molar-refractivity contribution in [3.63, 3.8) is 0 Å².